The Morgan fingerprint density at radius 1 is 1.60 bits per heavy atom. The molecule has 58 valence electrons. The molecule has 0 aliphatic heterocycles. The van der Waals surface area contributed by atoms with Gasteiger partial charge in [-0.3, -0.25) is 0 Å². The summed E-state index contributed by atoms with van der Waals surface area (Å²) in [5.41, 5.74) is 1.29. The lowest BCUT2D eigenvalue weighted by atomic mass is 9.93. The van der Waals surface area contributed by atoms with E-state index in [4.69, 9.17) is 0 Å². The van der Waals surface area contributed by atoms with Crippen LogP contribution in [0.5, 0.6) is 0 Å². The first kappa shape index (κ1) is 9.48. The van der Waals surface area contributed by atoms with Crippen molar-refractivity contribution in [1.82, 2.24) is 0 Å². The van der Waals surface area contributed by atoms with Gasteiger partial charge in [-0.15, -0.1) is 6.58 Å². The van der Waals surface area contributed by atoms with E-state index >= 15 is 0 Å². The van der Waals surface area contributed by atoms with E-state index in [1.165, 1.54) is 18.4 Å². The van der Waals surface area contributed by atoms with Gasteiger partial charge in [-0.05, 0) is 25.7 Å². The van der Waals surface area contributed by atoms with Crippen molar-refractivity contribution >= 4 is 0 Å². The van der Waals surface area contributed by atoms with E-state index < -0.39 is 0 Å². The molecular weight excluding hydrogens is 120 g/mol. The monoisotopic (exact) mass is 138 g/mol. The van der Waals surface area contributed by atoms with Gasteiger partial charge >= 0.3 is 0 Å². The normalized spacial score (nSPS) is 12.6. The van der Waals surface area contributed by atoms with E-state index in [0.717, 1.165) is 6.42 Å². The van der Waals surface area contributed by atoms with Crippen molar-refractivity contribution in [1.29, 1.82) is 0 Å². The topological polar surface area (TPSA) is 0 Å². The van der Waals surface area contributed by atoms with Crippen molar-refractivity contribution in [2.24, 2.45) is 5.92 Å². The fourth-order valence-corrected chi connectivity index (χ4v) is 1.12. The van der Waals surface area contributed by atoms with Crippen LogP contribution in [0.25, 0.3) is 0 Å². The first-order chi connectivity index (χ1) is 4.72. The Morgan fingerprint density at radius 2 is 2.20 bits per heavy atom. The molecule has 0 unspecified atom stereocenters. The second-order valence-corrected chi connectivity index (χ2v) is 2.86. The third-order valence-corrected chi connectivity index (χ3v) is 1.79. The Labute approximate surface area is 64.6 Å². The zero-order chi connectivity index (χ0) is 7.98. The Bertz CT molecular complexity index is 111. The summed E-state index contributed by atoms with van der Waals surface area (Å²) in [5.74, 6) is 0.669. The Morgan fingerprint density at radius 3 is 2.50 bits per heavy atom. The van der Waals surface area contributed by atoms with Crippen LogP contribution in [-0.2, 0) is 0 Å². The van der Waals surface area contributed by atoms with E-state index in [0.29, 0.717) is 5.92 Å². The van der Waals surface area contributed by atoms with Crippen LogP contribution in [0.15, 0.2) is 24.8 Å². The van der Waals surface area contributed by atoms with E-state index in [1.807, 2.05) is 6.08 Å². The number of allylic oxidation sites excluding steroid dienone is 2. The lowest BCUT2D eigenvalue weighted by Crippen LogP contribution is -1.98. The molecule has 0 rings (SSSR count). The van der Waals surface area contributed by atoms with Crippen LogP contribution < -0.4 is 0 Å². The van der Waals surface area contributed by atoms with Crippen LogP contribution in [0.1, 0.15) is 33.1 Å². The van der Waals surface area contributed by atoms with Crippen molar-refractivity contribution in [3.63, 3.8) is 0 Å². The fraction of sp³-hybridized carbons (Fsp3) is 0.600. The summed E-state index contributed by atoms with van der Waals surface area (Å²) in [6.45, 7) is 12.0. The maximum atomic E-state index is 3.94. The van der Waals surface area contributed by atoms with Gasteiger partial charge in [-0.25, -0.2) is 0 Å². The number of hydrogen-bond donors (Lipinski definition) is 0. The van der Waals surface area contributed by atoms with Gasteiger partial charge in [0.15, 0.2) is 0 Å². The molecule has 0 aromatic carbocycles. The highest BCUT2D eigenvalue weighted by atomic mass is 14.1. The molecule has 10 heavy (non-hydrogen) atoms. The predicted octanol–water partition coefficient (Wildman–Crippen LogP) is 3.55. The smallest absolute Gasteiger partial charge is 0.0174 e. The molecule has 0 heteroatoms. The van der Waals surface area contributed by atoms with Crippen LogP contribution in [0.4, 0.5) is 0 Å². The minimum atomic E-state index is 0.669. The molecule has 1 atom stereocenters. The zero-order valence-corrected chi connectivity index (χ0v) is 7.19. The highest BCUT2D eigenvalue weighted by Crippen LogP contribution is 2.18. The summed E-state index contributed by atoms with van der Waals surface area (Å²) in [7, 11) is 0. The minimum absolute atomic E-state index is 0.669. The van der Waals surface area contributed by atoms with Gasteiger partial charge < -0.3 is 0 Å². The summed E-state index contributed by atoms with van der Waals surface area (Å²) in [6, 6.07) is 0. The first-order valence-electron chi connectivity index (χ1n) is 3.98. The molecule has 0 heterocycles. The molecule has 0 fully saturated rings. The molecule has 0 radical (unpaired) electrons. The third-order valence-electron chi connectivity index (χ3n) is 1.79. The van der Waals surface area contributed by atoms with Gasteiger partial charge in [-0.1, -0.05) is 31.6 Å². The highest BCUT2D eigenvalue weighted by Gasteiger charge is 2.04. The van der Waals surface area contributed by atoms with Crippen molar-refractivity contribution in [2.45, 2.75) is 33.1 Å². The molecule has 0 bridgehead atoms. The maximum absolute atomic E-state index is 3.94. The third kappa shape index (κ3) is 3.49. The van der Waals surface area contributed by atoms with Crippen molar-refractivity contribution in [2.75, 3.05) is 0 Å². The average Bonchev–Trinajstić information content (AvgIpc) is 1.87. The van der Waals surface area contributed by atoms with E-state index in [2.05, 4.69) is 27.0 Å². The molecule has 0 aromatic rings. The van der Waals surface area contributed by atoms with Gasteiger partial charge in [0, 0.05) is 0 Å². The predicted molar refractivity (Wildman–Crippen MR) is 48.0 cm³/mol. The maximum Gasteiger partial charge on any atom is -0.0174 e. The van der Waals surface area contributed by atoms with Crippen LogP contribution in [0.2, 0.25) is 0 Å². The second-order valence-electron chi connectivity index (χ2n) is 2.86. The van der Waals surface area contributed by atoms with Crippen LogP contribution in [0, 0.1) is 5.92 Å². The molecule has 0 spiro atoms. The number of rotatable bonds is 5. The van der Waals surface area contributed by atoms with Crippen molar-refractivity contribution in [3.8, 4) is 0 Å². The zero-order valence-electron chi connectivity index (χ0n) is 7.19. The Kier molecular flexibility index (Phi) is 5.00. The molecular formula is C10H18. The Balaban J connectivity index is 3.71. The van der Waals surface area contributed by atoms with E-state index in [-0.39, 0.29) is 0 Å². The van der Waals surface area contributed by atoms with E-state index in [1.54, 1.807) is 0 Å². The first-order valence-corrected chi connectivity index (χ1v) is 3.98. The van der Waals surface area contributed by atoms with E-state index in [9.17, 15) is 0 Å². The molecule has 0 N–H and O–H groups in total. The highest BCUT2D eigenvalue weighted by molar-refractivity contribution is 4.98. The molecule has 0 aliphatic rings. The summed E-state index contributed by atoms with van der Waals surface area (Å²) in [5, 5.41) is 0. The lowest BCUT2D eigenvalue weighted by Gasteiger charge is -2.12. The van der Waals surface area contributed by atoms with Crippen molar-refractivity contribution in [3.05, 3.63) is 24.8 Å². The van der Waals surface area contributed by atoms with Crippen LogP contribution in [0.3, 0.4) is 0 Å². The van der Waals surface area contributed by atoms with Gasteiger partial charge in [0.2, 0.25) is 0 Å². The van der Waals surface area contributed by atoms with Gasteiger partial charge in [-0.2, -0.15) is 0 Å². The lowest BCUT2D eigenvalue weighted by molar-refractivity contribution is 0.560. The van der Waals surface area contributed by atoms with Crippen molar-refractivity contribution < 1.29 is 0 Å². The van der Waals surface area contributed by atoms with Crippen LogP contribution in [-0.4, -0.2) is 0 Å². The van der Waals surface area contributed by atoms with Gasteiger partial charge in [0.1, 0.15) is 0 Å². The molecule has 0 saturated carbocycles. The fourth-order valence-electron chi connectivity index (χ4n) is 1.12. The summed E-state index contributed by atoms with van der Waals surface area (Å²) < 4.78 is 0. The molecule has 0 aromatic heterocycles. The quantitative estimate of drug-likeness (QED) is 0.510. The van der Waals surface area contributed by atoms with Gasteiger partial charge in [0.25, 0.3) is 0 Å². The largest absolute Gasteiger partial charge is 0.103 e. The standard InChI is InChI=1S/C10H18/c1-5-7-10(8-6-2)9(3)4/h5,10H,1,3,6-8H2,2,4H3/t10-/m0/s1. The SMILES string of the molecule is C=CC[C@@H](CCC)C(=C)C. The minimum Gasteiger partial charge on any atom is -0.103 e. The average molecular weight is 138 g/mol. The van der Waals surface area contributed by atoms with Gasteiger partial charge in [0.05, 0.1) is 0 Å². The summed E-state index contributed by atoms with van der Waals surface area (Å²) >= 11 is 0. The second kappa shape index (κ2) is 5.28. The number of hydrogen-bond acceptors (Lipinski definition) is 0. The van der Waals surface area contributed by atoms with Crippen LogP contribution >= 0.6 is 0 Å². The molecule has 0 amide bonds. The summed E-state index contributed by atoms with van der Waals surface area (Å²) in [4.78, 5) is 0. The molecule has 0 saturated heterocycles. The molecule has 0 aliphatic carbocycles. The summed E-state index contributed by atoms with van der Waals surface area (Å²) in [6.07, 6.45) is 5.56. The molecule has 0 nitrogen and oxygen atoms in total. The Hall–Kier alpha value is -0.520.